The number of carbonyl (C=O) groups is 1. The molecule has 6 heteroatoms. The minimum atomic E-state index is -0.188. The molecule has 0 aliphatic heterocycles. The van der Waals surface area contributed by atoms with Gasteiger partial charge < -0.3 is 14.6 Å². The van der Waals surface area contributed by atoms with Gasteiger partial charge in [0.15, 0.2) is 0 Å². The summed E-state index contributed by atoms with van der Waals surface area (Å²) < 4.78 is 7.54. The van der Waals surface area contributed by atoms with Crippen molar-refractivity contribution in [3.8, 4) is 0 Å². The molecular weight excluding hydrogens is 310 g/mol. The van der Waals surface area contributed by atoms with E-state index in [1.54, 1.807) is 25.3 Å². The molecule has 0 spiro atoms. The Kier molecular flexibility index (Phi) is 4.70. The fraction of sp³-hybridized carbons (Fsp3) is 0.231. The summed E-state index contributed by atoms with van der Waals surface area (Å²) in [6, 6.07) is 8.96. The number of hydrogen-bond acceptors (Lipinski definition) is 3. The molecule has 0 saturated heterocycles. The predicted molar refractivity (Wildman–Crippen MR) is 76.2 cm³/mol. The van der Waals surface area contributed by atoms with Crippen LogP contribution in [0.15, 0.2) is 41.1 Å². The van der Waals surface area contributed by atoms with E-state index in [0.29, 0.717) is 29.3 Å². The average molecular weight is 324 g/mol. The van der Waals surface area contributed by atoms with Gasteiger partial charge in [-0.2, -0.15) is 0 Å². The lowest BCUT2D eigenvalue weighted by Gasteiger charge is -2.09. The van der Waals surface area contributed by atoms with E-state index < -0.39 is 0 Å². The van der Waals surface area contributed by atoms with E-state index in [-0.39, 0.29) is 5.91 Å². The van der Waals surface area contributed by atoms with Crippen molar-refractivity contribution >= 4 is 27.7 Å². The number of methoxy groups -OCH3 is 1. The summed E-state index contributed by atoms with van der Waals surface area (Å²) >= 11 is 3.27. The second-order valence-electron chi connectivity index (χ2n) is 3.88. The van der Waals surface area contributed by atoms with Gasteiger partial charge in [-0.15, -0.1) is 0 Å². The van der Waals surface area contributed by atoms with E-state index >= 15 is 0 Å². The molecule has 0 aromatic carbocycles. The molecule has 0 radical (unpaired) electrons. The molecule has 0 atom stereocenters. The summed E-state index contributed by atoms with van der Waals surface area (Å²) in [7, 11) is 1.63. The largest absolute Gasteiger partial charge is 0.383 e. The highest BCUT2D eigenvalue weighted by Gasteiger charge is 2.11. The summed E-state index contributed by atoms with van der Waals surface area (Å²) in [4.78, 5) is 16.3. The molecule has 0 fully saturated rings. The summed E-state index contributed by atoms with van der Waals surface area (Å²) in [5.41, 5.74) is 0.582. The number of pyridine rings is 1. The maximum Gasteiger partial charge on any atom is 0.273 e. The maximum atomic E-state index is 12.1. The topological polar surface area (TPSA) is 56.1 Å². The number of anilines is 1. The van der Waals surface area contributed by atoms with Crippen LogP contribution in [0.25, 0.3) is 0 Å². The minimum Gasteiger partial charge on any atom is -0.383 e. The SMILES string of the molecule is COCCn1cccc1C(=O)Nc1cccc(Br)n1. The van der Waals surface area contributed by atoms with Gasteiger partial charge in [-0.1, -0.05) is 6.07 Å². The van der Waals surface area contributed by atoms with Crippen LogP contribution in [-0.4, -0.2) is 29.2 Å². The van der Waals surface area contributed by atoms with Crippen LogP contribution < -0.4 is 5.32 Å². The van der Waals surface area contributed by atoms with E-state index in [0.717, 1.165) is 0 Å². The molecule has 0 saturated carbocycles. The van der Waals surface area contributed by atoms with Crippen molar-refractivity contribution in [3.63, 3.8) is 0 Å². The zero-order valence-corrected chi connectivity index (χ0v) is 12.1. The third kappa shape index (κ3) is 3.65. The van der Waals surface area contributed by atoms with Crippen LogP contribution in [0.3, 0.4) is 0 Å². The van der Waals surface area contributed by atoms with E-state index in [1.807, 2.05) is 22.9 Å². The Morgan fingerprint density at radius 3 is 3.00 bits per heavy atom. The first-order valence-corrected chi connectivity index (χ1v) is 6.58. The summed E-state index contributed by atoms with van der Waals surface area (Å²) in [6.45, 7) is 1.20. The smallest absolute Gasteiger partial charge is 0.273 e. The van der Waals surface area contributed by atoms with Gasteiger partial charge in [0.1, 0.15) is 16.1 Å². The number of ether oxygens (including phenoxy) is 1. The lowest BCUT2D eigenvalue weighted by atomic mass is 10.4. The van der Waals surface area contributed by atoms with Gasteiger partial charge >= 0.3 is 0 Å². The Labute approximate surface area is 119 Å². The van der Waals surface area contributed by atoms with Crippen LogP contribution in [-0.2, 0) is 11.3 Å². The Bertz CT molecular complexity index is 569. The molecule has 0 aliphatic carbocycles. The molecule has 2 aromatic rings. The fourth-order valence-corrected chi connectivity index (χ4v) is 2.01. The zero-order chi connectivity index (χ0) is 13.7. The molecule has 2 heterocycles. The first-order valence-electron chi connectivity index (χ1n) is 5.78. The van der Waals surface area contributed by atoms with Gasteiger partial charge in [-0.25, -0.2) is 4.98 Å². The fourth-order valence-electron chi connectivity index (χ4n) is 1.66. The van der Waals surface area contributed by atoms with Gasteiger partial charge in [0.25, 0.3) is 5.91 Å². The lowest BCUT2D eigenvalue weighted by molar-refractivity contribution is 0.101. The molecule has 0 aliphatic rings. The lowest BCUT2D eigenvalue weighted by Crippen LogP contribution is -2.18. The van der Waals surface area contributed by atoms with Gasteiger partial charge in [0.2, 0.25) is 0 Å². The van der Waals surface area contributed by atoms with Crippen LogP contribution in [0.4, 0.5) is 5.82 Å². The first kappa shape index (κ1) is 13.8. The monoisotopic (exact) mass is 323 g/mol. The highest BCUT2D eigenvalue weighted by molar-refractivity contribution is 9.10. The molecule has 19 heavy (non-hydrogen) atoms. The first-order chi connectivity index (χ1) is 9.20. The van der Waals surface area contributed by atoms with E-state index in [2.05, 4.69) is 26.2 Å². The summed E-state index contributed by atoms with van der Waals surface area (Å²) in [5, 5.41) is 2.76. The maximum absolute atomic E-state index is 12.1. The number of nitrogens with one attached hydrogen (secondary N) is 1. The third-order valence-electron chi connectivity index (χ3n) is 2.56. The normalized spacial score (nSPS) is 10.4. The Morgan fingerprint density at radius 2 is 2.26 bits per heavy atom. The summed E-state index contributed by atoms with van der Waals surface area (Å²) in [5.74, 6) is 0.325. The number of rotatable bonds is 5. The third-order valence-corrected chi connectivity index (χ3v) is 3.00. The number of hydrogen-bond donors (Lipinski definition) is 1. The second-order valence-corrected chi connectivity index (χ2v) is 4.69. The number of carbonyl (C=O) groups excluding carboxylic acids is 1. The van der Waals surface area contributed by atoms with Gasteiger partial charge in [0, 0.05) is 19.9 Å². The van der Waals surface area contributed by atoms with Crippen LogP contribution in [0, 0.1) is 0 Å². The molecule has 2 rings (SSSR count). The second kappa shape index (κ2) is 6.49. The van der Waals surface area contributed by atoms with Crippen molar-refractivity contribution in [2.45, 2.75) is 6.54 Å². The van der Waals surface area contributed by atoms with Crippen molar-refractivity contribution in [1.29, 1.82) is 0 Å². The van der Waals surface area contributed by atoms with Gasteiger partial charge in [0.05, 0.1) is 6.61 Å². The molecule has 0 unspecified atom stereocenters. The number of aromatic nitrogens is 2. The van der Waals surface area contributed by atoms with Crippen molar-refractivity contribution < 1.29 is 9.53 Å². The molecule has 5 nitrogen and oxygen atoms in total. The molecule has 1 N–H and O–H groups in total. The Hall–Kier alpha value is -1.66. The Morgan fingerprint density at radius 1 is 1.42 bits per heavy atom. The minimum absolute atomic E-state index is 0.188. The molecule has 2 aromatic heterocycles. The average Bonchev–Trinajstić information content (AvgIpc) is 2.84. The van der Waals surface area contributed by atoms with E-state index in [4.69, 9.17) is 4.74 Å². The van der Waals surface area contributed by atoms with Gasteiger partial charge in [-0.05, 0) is 40.2 Å². The molecule has 100 valence electrons. The number of nitrogens with zero attached hydrogens (tertiary/aromatic N) is 2. The van der Waals surface area contributed by atoms with Crippen LogP contribution in [0.2, 0.25) is 0 Å². The van der Waals surface area contributed by atoms with E-state index in [9.17, 15) is 4.79 Å². The van der Waals surface area contributed by atoms with Crippen LogP contribution in [0.5, 0.6) is 0 Å². The standard InChI is InChI=1S/C13H14BrN3O2/c1-19-9-8-17-7-3-4-10(17)13(18)16-12-6-2-5-11(14)15-12/h2-7H,8-9H2,1H3,(H,15,16,18). The Balaban J connectivity index is 2.09. The predicted octanol–water partition coefficient (Wildman–Crippen LogP) is 2.54. The highest BCUT2D eigenvalue weighted by Crippen LogP contribution is 2.12. The highest BCUT2D eigenvalue weighted by atomic mass is 79.9. The molecule has 0 bridgehead atoms. The summed E-state index contributed by atoms with van der Waals surface area (Å²) in [6.07, 6.45) is 1.85. The zero-order valence-electron chi connectivity index (χ0n) is 10.5. The van der Waals surface area contributed by atoms with Crippen LogP contribution >= 0.6 is 15.9 Å². The van der Waals surface area contributed by atoms with Crippen molar-refractivity contribution in [2.24, 2.45) is 0 Å². The number of halogens is 1. The van der Waals surface area contributed by atoms with Crippen LogP contribution in [0.1, 0.15) is 10.5 Å². The van der Waals surface area contributed by atoms with Crippen molar-refractivity contribution in [3.05, 3.63) is 46.8 Å². The van der Waals surface area contributed by atoms with Crippen molar-refractivity contribution in [2.75, 3.05) is 19.0 Å². The quantitative estimate of drug-likeness (QED) is 0.860. The van der Waals surface area contributed by atoms with E-state index in [1.165, 1.54) is 0 Å². The molecular formula is C13H14BrN3O2. The van der Waals surface area contributed by atoms with Crippen molar-refractivity contribution in [1.82, 2.24) is 9.55 Å². The van der Waals surface area contributed by atoms with Gasteiger partial charge in [-0.3, -0.25) is 4.79 Å². The number of amides is 1. The molecule has 1 amide bonds.